The quantitative estimate of drug-likeness (QED) is 0.670. The Morgan fingerprint density at radius 2 is 2.03 bits per heavy atom. The number of carbonyl (C=O) groups is 2. The molecule has 1 aromatic heterocycles. The molecule has 1 atom stereocenters. The number of hydrogen-bond donors (Lipinski definition) is 1. The van der Waals surface area contributed by atoms with Crippen LogP contribution in [0.2, 0.25) is 0 Å². The lowest BCUT2D eigenvalue weighted by atomic mass is 9.97. The van der Waals surface area contributed by atoms with E-state index in [0.717, 1.165) is 42.1 Å². The molecule has 1 N–H and O–H groups in total. The van der Waals surface area contributed by atoms with Gasteiger partial charge in [-0.3, -0.25) is 9.59 Å². The van der Waals surface area contributed by atoms with Crippen LogP contribution in [0.1, 0.15) is 28.9 Å². The van der Waals surface area contributed by atoms with Crippen molar-refractivity contribution < 1.29 is 14.3 Å². The normalized spacial score (nSPS) is 16.7. The van der Waals surface area contributed by atoms with Crippen molar-refractivity contribution in [2.24, 2.45) is 5.92 Å². The second-order valence-corrected chi connectivity index (χ2v) is 8.53. The molecule has 2 aromatic rings. The molecule has 1 saturated heterocycles. The lowest BCUT2D eigenvalue weighted by Crippen LogP contribution is -2.43. The number of ether oxygens (including phenoxy) is 1. The van der Waals surface area contributed by atoms with Crippen molar-refractivity contribution in [3.63, 3.8) is 0 Å². The first-order valence-electron chi connectivity index (χ1n) is 10.0. The highest BCUT2D eigenvalue weighted by Gasteiger charge is 2.29. The van der Waals surface area contributed by atoms with Gasteiger partial charge in [-0.25, -0.2) is 0 Å². The van der Waals surface area contributed by atoms with E-state index < -0.39 is 0 Å². The van der Waals surface area contributed by atoms with Gasteiger partial charge in [0.05, 0.1) is 17.4 Å². The third kappa shape index (κ3) is 6.30. The molecule has 2 heterocycles. The molecule has 1 aliphatic rings. The van der Waals surface area contributed by atoms with E-state index in [0.29, 0.717) is 19.7 Å². The zero-order valence-corrected chi connectivity index (χ0v) is 17.9. The number of anilines is 1. The molecule has 0 spiro atoms. The molecule has 7 heteroatoms. The minimum absolute atomic E-state index is 0.0215. The van der Waals surface area contributed by atoms with Crippen LogP contribution in [-0.2, 0) is 4.79 Å². The minimum atomic E-state index is -0.186. The van der Waals surface area contributed by atoms with E-state index in [2.05, 4.69) is 10.2 Å². The first kappa shape index (κ1) is 21.3. The Hall–Kier alpha value is -2.38. The Labute approximate surface area is 176 Å². The molecule has 1 aliphatic heterocycles. The second kappa shape index (κ2) is 10.4. The summed E-state index contributed by atoms with van der Waals surface area (Å²) in [6.07, 6.45) is 2.61. The fourth-order valence-electron chi connectivity index (χ4n) is 3.38. The summed E-state index contributed by atoms with van der Waals surface area (Å²) in [5, 5.41) is 4.88. The van der Waals surface area contributed by atoms with Gasteiger partial charge in [-0.2, -0.15) is 0 Å². The molecule has 1 unspecified atom stereocenters. The topological polar surface area (TPSA) is 61.9 Å². The van der Waals surface area contributed by atoms with E-state index in [4.69, 9.17) is 4.74 Å². The molecule has 0 bridgehead atoms. The van der Waals surface area contributed by atoms with Gasteiger partial charge in [0.15, 0.2) is 0 Å². The summed E-state index contributed by atoms with van der Waals surface area (Å²) in [6.45, 7) is 2.83. The van der Waals surface area contributed by atoms with Crippen LogP contribution in [0.4, 0.5) is 5.69 Å². The first-order chi connectivity index (χ1) is 14.0. The summed E-state index contributed by atoms with van der Waals surface area (Å²) >= 11 is 1.44. The number of amides is 2. The average molecular weight is 416 g/mol. The smallest absolute Gasteiger partial charge is 0.263 e. The molecule has 29 heavy (non-hydrogen) atoms. The minimum Gasteiger partial charge on any atom is -0.494 e. The van der Waals surface area contributed by atoms with Crippen molar-refractivity contribution in [1.82, 2.24) is 9.80 Å². The van der Waals surface area contributed by atoms with Gasteiger partial charge in [-0.15, -0.1) is 11.3 Å². The van der Waals surface area contributed by atoms with Crippen LogP contribution < -0.4 is 10.1 Å². The summed E-state index contributed by atoms with van der Waals surface area (Å²) in [4.78, 5) is 29.9. The predicted molar refractivity (Wildman–Crippen MR) is 117 cm³/mol. The summed E-state index contributed by atoms with van der Waals surface area (Å²) in [6, 6.07) is 11.2. The van der Waals surface area contributed by atoms with Crippen molar-refractivity contribution >= 4 is 28.8 Å². The van der Waals surface area contributed by atoms with Crippen LogP contribution in [0.3, 0.4) is 0 Å². The van der Waals surface area contributed by atoms with Crippen molar-refractivity contribution in [3.05, 3.63) is 46.7 Å². The molecular weight excluding hydrogens is 386 g/mol. The molecule has 156 valence electrons. The van der Waals surface area contributed by atoms with Crippen LogP contribution in [0.25, 0.3) is 0 Å². The maximum atomic E-state index is 12.7. The number of likely N-dealkylation sites (tertiary alicyclic amines) is 1. The third-order valence-electron chi connectivity index (χ3n) is 4.95. The maximum absolute atomic E-state index is 12.7. The Kier molecular flexibility index (Phi) is 7.66. The summed E-state index contributed by atoms with van der Waals surface area (Å²) in [7, 11) is 4.09. The first-order valence-corrected chi connectivity index (χ1v) is 10.9. The Balaban J connectivity index is 1.48. The molecule has 2 amide bonds. The van der Waals surface area contributed by atoms with Gasteiger partial charge in [0.2, 0.25) is 5.91 Å². The van der Waals surface area contributed by atoms with Gasteiger partial charge in [-0.1, -0.05) is 6.07 Å². The fourth-order valence-corrected chi connectivity index (χ4v) is 4.07. The zero-order valence-electron chi connectivity index (χ0n) is 17.1. The molecule has 1 aromatic carbocycles. The molecule has 0 radical (unpaired) electrons. The van der Waals surface area contributed by atoms with Crippen molar-refractivity contribution in [1.29, 1.82) is 0 Å². The van der Waals surface area contributed by atoms with E-state index >= 15 is 0 Å². The number of carbonyl (C=O) groups excluding carboxylic acids is 2. The van der Waals surface area contributed by atoms with Crippen LogP contribution in [0, 0.1) is 5.92 Å². The molecule has 3 rings (SSSR count). The lowest BCUT2D eigenvalue weighted by Gasteiger charge is -2.31. The molecule has 0 saturated carbocycles. The third-order valence-corrected chi connectivity index (χ3v) is 5.81. The number of rotatable bonds is 8. The van der Waals surface area contributed by atoms with E-state index in [-0.39, 0.29) is 17.7 Å². The zero-order chi connectivity index (χ0) is 20.6. The van der Waals surface area contributed by atoms with Gasteiger partial charge in [0.1, 0.15) is 5.75 Å². The van der Waals surface area contributed by atoms with E-state index in [9.17, 15) is 9.59 Å². The largest absolute Gasteiger partial charge is 0.494 e. The van der Waals surface area contributed by atoms with Crippen molar-refractivity contribution in [2.45, 2.75) is 19.3 Å². The maximum Gasteiger partial charge on any atom is 0.263 e. The highest BCUT2D eigenvalue weighted by molar-refractivity contribution is 7.12. The number of nitrogens with one attached hydrogen (secondary N) is 1. The van der Waals surface area contributed by atoms with Gasteiger partial charge in [0, 0.05) is 25.3 Å². The lowest BCUT2D eigenvalue weighted by molar-refractivity contribution is -0.121. The summed E-state index contributed by atoms with van der Waals surface area (Å²) < 4.78 is 5.73. The number of piperidine rings is 1. The van der Waals surface area contributed by atoms with E-state index in [1.165, 1.54) is 11.3 Å². The number of benzene rings is 1. The van der Waals surface area contributed by atoms with Gasteiger partial charge in [0.25, 0.3) is 5.91 Å². The Morgan fingerprint density at radius 3 is 2.72 bits per heavy atom. The number of nitrogens with zero attached hydrogens (tertiary/aromatic N) is 2. The van der Waals surface area contributed by atoms with Crippen LogP contribution in [-0.4, -0.2) is 62.0 Å². The average Bonchev–Trinajstić information content (AvgIpc) is 3.26. The van der Waals surface area contributed by atoms with Gasteiger partial charge in [-0.05, 0) is 69.1 Å². The monoisotopic (exact) mass is 415 g/mol. The highest BCUT2D eigenvalue weighted by atomic mass is 32.1. The SMILES string of the molecule is CN(C)CCCOc1ccc(NC(=O)C2CCCN(C(=O)c3cccs3)C2)cc1. The highest BCUT2D eigenvalue weighted by Crippen LogP contribution is 2.23. The second-order valence-electron chi connectivity index (χ2n) is 7.59. The van der Waals surface area contributed by atoms with E-state index in [1.54, 1.807) is 4.90 Å². The van der Waals surface area contributed by atoms with E-state index in [1.807, 2.05) is 55.9 Å². The number of hydrogen-bond acceptors (Lipinski definition) is 5. The number of thiophene rings is 1. The molecule has 0 aliphatic carbocycles. The predicted octanol–water partition coefficient (Wildman–Crippen LogP) is 3.57. The Bertz CT molecular complexity index is 790. The van der Waals surface area contributed by atoms with Gasteiger partial charge >= 0.3 is 0 Å². The molecule has 1 fully saturated rings. The molecule has 6 nitrogen and oxygen atoms in total. The van der Waals surface area contributed by atoms with Gasteiger partial charge < -0.3 is 19.9 Å². The van der Waals surface area contributed by atoms with Crippen molar-refractivity contribution in [2.75, 3.05) is 45.7 Å². The van der Waals surface area contributed by atoms with Crippen LogP contribution >= 0.6 is 11.3 Å². The molecular formula is C22H29N3O3S. The fraction of sp³-hybridized carbons (Fsp3) is 0.455. The summed E-state index contributed by atoms with van der Waals surface area (Å²) in [5.74, 6) is 0.600. The van der Waals surface area contributed by atoms with Crippen LogP contribution in [0.15, 0.2) is 41.8 Å². The Morgan fingerprint density at radius 1 is 1.24 bits per heavy atom. The standard InChI is InChI=1S/C22H29N3O3S/c1-24(2)12-5-14-28-19-10-8-18(9-11-19)23-21(26)17-6-3-13-25(16-17)22(27)20-7-4-15-29-20/h4,7-11,15,17H,3,5-6,12-14,16H2,1-2H3,(H,23,26). The van der Waals surface area contributed by atoms with Crippen LogP contribution in [0.5, 0.6) is 5.75 Å². The van der Waals surface area contributed by atoms with Crippen molar-refractivity contribution in [3.8, 4) is 5.75 Å². The summed E-state index contributed by atoms with van der Waals surface area (Å²) in [5.41, 5.74) is 0.748.